The molecule has 117 heavy (non-hydrogen) atoms. The fourth-order valence-electron chi connectivity index (χ4n) is 15.5. The minimum Gasteiger partial charge on any atom is -0.462 e. The third kappa shape index (κ3) is 90.1. The van der Waals surface area contributed by atoms with Crippen LogP contribution in [0.3, 0.4) is 0 Å². The fourth-order valence-corrected chi connectivity index (χ4v) is 17.1. The number of carbonyl (C=O) groups is 4. The first kappa shape index (κ1) is 115. The van der Waals surface area contributed by atoms with Crippen molar-refractivity contribution in [2.75, 3.05) is 39.6 Å². The second kappa shape index (κ2) is 88.9. The van der Waals surface area contributed by atoms with Gasteiger partial charge in [0.2, 0.25) is 0 Å². The number of carbonyl (C=O) groups excluding carboxylic acids is 4. The molecule has 0 saturated heterocycles. The molecule has 0 radical (unpaired) electrons. The summed E-state index contributed by atoms with van der Waals surface area (Å²) >= 11 is 0. The van der Waals surface area contributed by atoms with E-state index in [4.69, 9.17) is 37.0 Å². The van der Waals surface area contributed by atoms with Gasteiger partial charge in [-0.2, -0.15) is 0 Å². The van der Waals surface area contributed by atoms with Gasteiger partial charge in [0.25, 0.3) is 0 Å². The van der Waals surface area contributed by atoms with Crippen molar-refractivity contribution in [3.8, 4) is 0 Å². The molecule has 17 nitrogen and oxygen atoms in total. The maximum absolute atomic E-state index is 13.2. The molecule has 0 aromatic rings. The van der Waals surface area contributed by atoms with Crippen LogP contribution in [-0.2, 0) is 65.4 Å². The van der Waals surface area contributed by atoms with E-state index in [0.29, 0.717) is 25.7 Å². The van der Waals surface area contributed by atoms with Gasteiger partial charge in [-0.3, -0.25) is 37.3 Å². The lowest BCUT2D eigenvalue weighted by Crippen LogP contribution is -2.30. The van der Waals surface area contributed by atoms with Gasteiger partial charge in [0, 0.05) is 25.7 Å². The third-order valence-corrected chi connectivity index (χ3v) is 25.5. The van der Waals surface area contributed by atoms with Gasteiger partial charge in [-0.15, -0.1) is 0 Å². The van der Waals surface area contributed by atoms with Crippen molar-refractivity contribution < 1.29 is 80.2 Å². The average Bonchev–Trinajstić information content (AvgIpc) is 0.898. The second-order valence-electron chi connectivity index (χ2n) is 35.9. The Bertz CT molecular complexity index is 2220. The molecule has 0 rings (SSSR count). The monoisotopic (exact) mass is 1700 g/mol. The van der Waals surface area contributed by atoms with Crippen LogP contribution in [0.4, 0.5) is 0 Å². The summed E-state index contributed by atoms with van der Waals surface area (Å²) in [6.07, 6.45) is 86.4. The summed E-state index contributed by atoms with van der Waals surface area (Å²) in [7, 11) is -9.95. The Morgan fingerprint density at radius 3 is 0.650 bits per heavy atom. The van der Waals surface area contributed by atoms with Gasteiger partial charge >= 0.3 is 39.5 Å². The van der Waals surface area contributed by atoms with Crippen LogP contribution in [0.25, 0.3) is 0 Å². The van der Waals surface area contributed by atoms with E-state index in [0.717, 1.165) is 102 Å². The van der Waals surface area contributed by atoms with Crippen LogP contribution >= 0.6 is 15.6 Å². The topological polar surface area (TPSA) is 237 Å². The number of phosphoric acid groups is 2. The van der Waals surface area contributed by atoms with Crippen LogP contribution in [0.2, 0.25) is 0 Å². The van der Waals surface area contributed by atoms with Crippen molar-refractivity contribution in [1.82, 2.24) is 0 Å². The molecule has 0 aromatic carbocycles. The Balaban J connectivity index is 5.23. The molecule has 0 bridgehead atoms. The molecule has 696 valence electrons. The summed E-state index contributed by atoms with van der Waals surface area (Å²) in [4.78, 5) is 73.6. The molecule has 19 heteroatoms. The molecule has 0 spiro atoms. The lowest BCUT2D eigenvalue weighted by Gasteiger charge is -2.21. The number of hydrogen-bond acceptors (Lipinski definition) is 15. The van der Waals surface area contributed by atoms with Gasteiger partial charge in [0.05, 0.1) is 26.4 Å². The Labute approximate surface area is 721 Å². The number of aliphatic hydroxyl groups is 1. The Kier molecular flexibility index (Phi) is 87.4. The van der Waals surface area contributed by atoms with Crippen molar-refractivity contribution in [2.45, 2.75) is 554 Å². The zero-order chi connectivity index (χ0) is 85.5. The largest absolute Gasteiger partial charge is 0.472 e. The maximum Gasteiger partial charge on any atom is 0.472 e. The zero-order valence-electron chi connectivity index (χ0n) is 77.5. The molecular formula is C98H192O17P2. The average molecular weight is 1700 g/mol. The summed E-state index contributed by atoms with van der Waals surface area (Å²) in [6, 6.07) is 0. The predicted molar refractivity (Wildman–Crippen MR) is 488 cm³/mol. The molecule has 3 N–H and O–H groups in total. The summed E-state index contributed by atoms with van der Waals surface area (Å²) in [6.45, 7) is 9.79. The van der Waals surface area contributed by atoms with Crippen LogP contribution in [0.15, 0.2) is 0 Å². The van der Waals surface area contributed by atoms with E-state index >= 15 is 0 Å². The maximum atomic E-state index is 13.2. The third-order valence-electron chi connectivity index (χ3n) is 23.6. The van der Waals surface area contributed by atoms with E-state index in [-0.39, 0.29) is 25.7 Å². The van der Waals surface area contributed by atoms with Crippen molar-refractivity contribution in [3.63, 3.8) is 0 Å². The molecule has 0 aliphatic heterocycles. The van der Waals surface area contributed by atoms with Gasteiger partial charge in [0.1, 0.15) is 19.3 Å². The van der Waals surface area contributed by atoms with Crippen molar-refractivity contribution in [3.05, 3.63) is 0 Å². The van der Waals surface area contributed by atoms with E-state index in [2.05, 4.69) is 41.5 Å². The predicted octanol–water partition coefficient (Wildman–Crippen LogP) is 30.9. The van der Waals surface area contributed by atoms with Crippen LogP contribution in [0.1, 0.15) is 536 Å². The van der Waals surface area contributed by atoms with Crippen molar-refractivity contribution in [2.24, 2.45) is 11.8 Å². The smallest absolute Gasteiger partial charge is 0.462 e. The van der Waals surface area contributed by atoms with Gasteiger partial charge in [-0.05, 0) is 37.5 Å². The van der Waals surface area contributed by atoms with E-state index < -0.39 is 97.5 Å². The summed E-state index contributed by atoms with van der Waals surface area (Å²) in [5, 5.41) is 10.7. The van der Waals surface area contributed by atoms with Crippen LogP contribution in [0.5, 0.6) is 0 Å². The fraction of sp³-hybridized carbons (Fsp3) is 0.959. The molecule has 3 unspecified atom stereocenters. The van der Waals surface area contributed by atoms with Crippen molar-refractivity contribution in [1.29, 1.82) is 0 Å². The van der Waals surface area contributed by atoms with Crippen LogP contribution in [-0.4, -0.2) is 96.7 Å². The summed E-state index contributed by atoms with van der Waals surface area (Å²) < 4.78 is 69.3. The van der Waals surface area contributed by atoms with E-state index in [1.807, 2.05) is 0 Å². The van der Waals surface area contributed by atoms with E-state index in [1.165, 1.54) is 353 Å². The number of rotatable bonds is 97. The number of unbranched alkanes of at least 4 members (excludes halogenated alkanes) is 66. The standard InChI is InChI=1S/C98H192O17P2/c1-7-10-12-14-16-18-20-22-24-26-28-30-32-33-38-42-46-50-56-62-68-74-80-95(100)108-86-93(114-97(102)82-77-71-65-58-52-48-44-40-36-35-37-41-45-49-55-61-67-73-79-91(6)9-3)88-112-116(104,105)110-84-92(99)85-111-117(106,107)113-89-94(87-109-96(101)81-75-69-63-59-53-54-60-66-72-78-90(4)5)115-98(103)83-76-70-64-57-51-47-43-39-34-31-29-27-25-23-21-19-17-15-13-11-8-2/h90-94,99H,7-89H2,1-6H3,(H,104,105)(H,106,107)/t91?,92-,93-,94-/m1/s1. The highest BCUT2D eigenvalue weighted by Crippen LogP contribution is 2.45. The minimum absolute atomic E-state index is 0.109. The highest BCUT2D eigenvalue weighted by Gasteiger charge is 2.31. The van der Waals surface area contributed by atoms with Crippen LogP contribution < -0.4 is 0 Å². The van der Waals surface area contributed by atoms with Crippen molar-refractivity contribution >= 4 is 39.5 Å². The molecule has 0 aliphatic carbocycles. The highest BCUT2D eigenvalue weighted by molar-refractivity contribution is 7.47. The van der Waals surface area contributed by atoms with E-state index in [9.17, 15) is 43.2 Å². The number of esters is 4. The molecule has 0 saturated carbocycles. The minimum atomic E-state index is -4.97. The summed E-state index contributed by atoms with van der Waals surface area (Å²) in [5.41, 5.74) is 0. The first-order chi connectivity index (χ1) is 56.9. The number of ether oxygens (including phenoxy) is 4. The molecule has 0 heterocycles. The SMILES string of the molecule is CCCCCCCCCCCCCCCCCCCCCCCCC(=O)OC[C@H](COP(=O)(O)OC[C@@H](O)COP(=O)(O)OC[C@@H](COC(=O)CCCCCCCCCCCC(C)C)OC(=O)CCCCCCCCCCCCCCCCCCCCCCC)OC(=O)CCCCCCCCCCCCCCCCCCCCC(C)CC. The number of aliphatic hydroxyl groups excluding tert-OH is 1. The quantitative estimate of drug-likeness (QED) is 0.0222. The molecule has 0 aliphatic rings. The number of phosphoric ester groups is 2. The van der Waals surface area contributed by atoms with Gasteiger partial charge in [-0.25, -0.2) is 9.13 Å². The molecular weight excluding hydrogens is 1510 g/mol. The van der Waals surface area contributed by atoms with Crippen LogP contribution in [0, 0.1) is 11.8 Å². The summed E-state index contributed by atoms with van der Waals surface area (Å²) in [5.74, 6) is -0.475. The van der Waals surface area contributed by atoms with Gasteiger partial charge in [-0.1, -0.05) is 485 Å². The lowest BCUT2D eigenvalue weighted by atomic mass is 9.99. The molecule has 6 atom stereocenters. The first-order valence-electron chi connectivity index (χ1n) is 50.5. The second-order valence-corrected chi connectivity index (χ2v) is 38.8. The van der Waals surface area contributed by atoms with E-state index in [1.54, 1.807) is 0 Å². The Morgan fingerprint density at radius 2 is 0.436 bits per heavy atom. The first-order valence-corrected chi connectivity index (χ1v) is 53.5. The lowest BCUT2D eigenvalue weighted by molar-refractivity contribution is -0.161. The number of hydrogen-bond donors (Lipinski definition) is 3. The zero-order valence-corrected chi connectivity index (χ0v) is 79.3. The van der Waals surface area contributed by atoms with Gasteiger partial charge in [0.15, 0.2) is 12.2 Å². The molecule has 0 aromatic heterocycles. The molecule has 0 fully saturated rings. The highest BCUT2D eigenvalue weighted by atomic mass is 31.2. The van der Waals surface area contributed by atoms with Gasteiger partial charge < -0.3 is 33.8 Å². The molecule has 0 amide bonds. The normalized spacial score (nSPS) is 13.9. The Hall–Kier alpha value is -1.94. The Morgan fingerprint density at radius 1 is 0.248 bits per heavy atom.